The van der Waals surface area contributed by atoms with Gasteiger partial charge in [0.05, 0.1) is 0 Å². The van der Waals surface area contributed by atoms with Crippen LogP contribution >= 0.6 is 0 Å². The van der Waals surface area contributed by atoms with Crippen molar-refractivity contribution < 1.29 is 24.1 Å². The zero-order valence-electron chi connectivity index (χ0n) is 17.5. The Labute approximate surface area is 172 Å². The van der Waals surface area contributed by atoms with Crippen molar-refractivity contribution in [1.29, 1.82) is 0 Å². The van der Waals surface area contributed by atoms with E-state index in [-0.39, 0.29) is 11.7 Å². The molecule has 4 N–H and O–H groups in total. The second-order valence-electron chi connectivity index (χ2n) is 8.40. The molecule has 0 spiro atoms. The number of hydrogen-bond acceptors (Lipinski definition) is 2. The zero-order chi connectivity index (χ0) is 21.0. The van der Waals surface area contributed by atoms with E-state index in [0.717, 1.165) is 43.9 Å². The summed E-state index contributed by atoms with van der Waals surface area (Å²) in [5.74, 6) is 0.457. The molecule has 0 saturated carbocycles. The Hall–Kier alpha value is -2.44. The van der Waals surface area contributed by atoms with E-state index in [1.165, 1.54) is 27.5 Å². The fourth-order valence-corrected chi connectivity index (χ4v) is 4.07. The number of piperazine rings is 1. The summed E-state index contributed by atoms with van der Waals surface area (Å²) in [7, 11) is 0. The molecule has 3 rings (SSSR count). The van der Waals surface area contributed by atoms with E-state index in [9.17, 15) is 14.3 Å². The predicted octanol–water partition coefficient (Wildman–Crippen LogP) is 0.885. The third kappa shape index (κ3) is 5.78. The Bertz CT molecular complexity index is 844. The molecule has 1 fully saturated rings. The smallest absolute Gasteiger partial charge is 0.279 e. The molecule has 0 unspecified atom stereocenters. The summed E-state index contributed by atoms with van der Waals surface area (Å²) in [6.07, 6.45) is 0. The van der Waals surface area contributed by atoms with Gasteiger partial charge in [0.25, 0.3) is 5.91 Å². The molecular weight excluding hydrogens is 369 g/mol. The van der Waals surface area contributed by atoms with Crippen LogP contribution in [0.3, 0.4) is 0 Å². The molecule has 156 valence electrons. The Balaban J connectivity index is 1.50. The maximum absolute atomic E-state index is 13.0. The lowest BCUT2D eigenvalue weighted by Gasteiger charge is -2.29. The molecule has 0 bridgehead atoms. The molecule has 1 saturated heterocycles. The first kappa shape index (κ1) is 21.3. The highest BCUT2D eigenvalue weighted by Gasteiger charge is 2.26. The molecule has 2 aromatic carbocycles. The lowest BCUT2D eigenvalue weighted by Crippen LogP contribution is -3.28. The normalized spacial score (nSPS) is 19.3. The average molecular weight is 402 g/mol. The molecule has 2 aromatic rings. The van der Waals surface area contributed by atoms with Gasteiger partial charge in [0.1, 0.15) is 44.3 Å². The Kier molecular flexibility index (Phi) is 6.87. The van der Waals surface area contributed by atoms with Crippen LogP contribution < -0.4 is 15.1 Å². The highest BCUT2D eigenvalue weighted by Crippen LogP contribution is 2.26. The van der Waals surface area contributed by atoms with Gasteiger partial charge in [0, 0.05) is 11.3 Å². The molecule has 5 nitrogen and oxygen atoms in total. The largest absolute Gasteiger partial charge is 0.507 e. The van der Waals surface area contributed by atoms with Crippen LogP contribution in [0.2, 0.25) is 0 Å². The second kappa shape index (κ2) is 9.37. The number of aromatic hydroxyl groups is 1. The van der Waals surface area contributed by atoms with E-state index < -0.39 is 0 Å². The number of carbonyl (C=O) groups excluding carboxylic acids is 1. The fourth-order valence-electron chi connectivity index (χ4n) is 4.07. The summed E-state index contributed by atoms with van der Waals surface area (Å²) >= 11 is 0. The summed E-state index contributed by atoms with van der Waals surface area (Å²) in [6.45, 7) is 11.4. The van der Waals surface area contributed by atoms with Crippen molar-refractivity contribution in [3.63, 3.8) is 0 Å². The maximum Gasteiger partial charge on any atom is 0.279 e. The lowest BCUT2D eigenvalue weighted by atomic mass is 9.95. The predicted molar refractivity (Wildman–Crippen MR) is 112 cm³/mol. The molecule has 1 amide bonds. The number of phenolic OH excluding ortho intramolecular Hbond substituents is 1. The highest BCUT2D eigenvalue weighted by molar-refractivity contribution is 5.91. The van der Waals surface area contributed by atoms with Crippen LogP contribution in [0.4, 0.5) is 10.1 Å². The number of hydrogen-bond donors (Lipinski definition) is 4. The topological polar surface area (TPSA) is 58.2 Å². The minimum Gasteiger partial charge on any atom is -0.507 e. The summed E-state index contributed by atoms with van der Waals surface area (Å²) in [5, 5.41) is 13.2. The van der Waals surface area contributed by atoms with Crippen molar-refractivity contribution in [2.24, 2.45) is 0 Å². The summed E-state index contributed by atoms with van der Waals surface area (Å²) in [6, 6.07) is 9.86. The number of quaternary nitrogens is 2. The Morgan fingerprint density at radius 2 is 1.72 bits per heavy atom. The third-order valence-corrected chi connectivity index (χ3v) is 5.73. The van der Waals surface area contributed by atoms with Gasteiger partial charge in [0.15, 0.2) is 6.54 Å². The zero-order valence-corrected chi connectivity index (χ0v) is 17.5. The van der Waals surface area contributed by atoms with Crippen molar-refractivity contribution >= 4 is 11.6 Å². The quantitative estimate of drug-likeness (QED) is 0.581. The van der Waals surface area contributed by atoms with E-state index in [2.05, 4.69) is 25.2 Å². The van der Waals surface area contributed by atoms with Crippen LogP contribution in [0, 0.1) is 12.7 Å². The van der Waals surface area contributed by atoms with Gasteiger partial charge in [-0.05, 0) is 60.4 Å². The first-order valence-corrected chi connectivity index (χ1v) is 10.4. The van der Waals surface area contributed by atoms with E-state index >= 15 is 0 Å². The minimum absolute atomic E-state index is 0.0483. The van der Waals surface area contributed by atoms with Gasteiger partial charge >= 0.3 is 0 Å². The van der Waals surface area contributed by atoms with E-state index in [1.54, 1.807) is 12.1 Å². The van der Waals surface area contributed by atoms with Crippen LogP contribution in [-0.2, 0) is 11.3 Å². The van der Waals surface area contributed by atoms with Gasteiger partial charge < -0.3 is 20.2 Å². The van der Waals surface area contributed by atoms with Crippen molar-refractivity contribution in [2.45, 2.75) is 33.2 Å². The molecule has 1 aliphatic rings. The van der Waals surface area contributed by atoms with Crippen LogP contribution in [0.15, 0.2) is 36.4 Å². The number of carbonyl (C=O) groups is 1. The van der Waals surface area contributed by atoms with Crippen LogP contribution in [0.25, 0.3) is 0 Å². The molecular formula is C23H32FN3O2+2. The number of halogens is 1. The maximum atomic E-state index is 13.0. The van der Waals surface area contributed by atoms with Gasteiger partial charge in [-0.3, -0.25) is 4.79 Å². The highest BCUT2D eigenvalue weighted by atomic mass is 19.1. The van der Waals surface area contributed by atoms with Crippen molar-refractivity contribution in [3.05, 3.63) is 58.9 Å². The molecule has 0 aliphatic carbocycles. The van der Waals surface area contributed by atoms with Gasteiger partial charge in [-0.2, -0.15) is 0 Å². The minimum atomic E-state index is -0.312. The summed E-state index contributed by atoms with van der Waals surface area (Å²) < 4.78 is 13.0. The molecule has 29 heavy (non-hydrogen) atoms. The van der Waals surface area contributed by atoms with Crippen LogP contribution in [-0.4, -0.2) is 43.7 Å². The number of rotatable bonds is 6. The SMILES string of the molecule is Cc1cc(O)c(C[NH+]2CC[NH+](CC(=O)Nc3ccc(F)cc3)CC2)cc1C(C)C. The average Bonchev–Trinajstić information content (AvgIpc) is 2.67. The molecule has 0 aromatic heterocycles. The van der Waals surface area contributed by atoms with Gasteiger partial charge in [-0.1, -0.05) is 13.8 Å². The first-order chi connectivity index (χ1) is 13.8. The number of benzene rings is 2. The molecule has 0 atom stereocenters. The molecule has 0 radical (unpaired) electrons. The standard InChI is InChI=1S/C23H30FN3O2/c1-16(2)21-13-18(22(28)12-17(21)3)14-26-8-10-27(11-9-26)15-23(29)25-20-6-4-19(24)5-7-20/h4-7,12-13,16,28H,8-11,14-15H2,1-3H3,(H,25,29)/p+2. The Morgan fingerprint density at radius 1 is 1.10 bits per heavy atom. The van der Waals surface area contributed by atoms with Crippen molar-refractivity contribution in [3.8, 4) is 5.75 Å². The van der Waals surface area contributed by atoms with Crippen molar-refractivity contribution in [1.82, 2.24) is 0 Å². The number of nitrogens with one attached hydrogen (secondary N) is 3. The number of aryl methyl sites for hydroxylation is 1. The first-order valence-electron chi connectivity index (χ1n) is 10.4. The van der Waals surface area contributed by atoms with Gasteiger partial charge in [-0.15, -0.1) is 0 Å². The van der Waals surface area contributed by atoms with Crippen molar-refractivity contribution in [2.75, 3.05) is 38.0 Å². The monoisotopic (exact) mass is 401 g/mol. The van der Waals surface area contributed by atoms with E-state index in [4.69, 9.17) is 0 Å². The summed E-state index contributed by atoms with van der Waals surface area (Å²) in [5.41, 5.74) is 4.05. The fraction of sp³-hybridized carbons (Fsp3) is 0.435. The van der Waals surface area contributed by atoms with E-state index in [0.29, 0.717) is 23.9 Å². The summed E-state index contributed by atoms with van der Waals surface area (Å²) in [4.78, 5) is 14.9. The van der Waals surface area contributed by atoms with Crippen LogP contribution in [0.5, 0.6) is 5.75 Å². The van der Waals surface area contributed by atoms with Gasteiger partial charge in [0.2, 0.25) is 0 Å². The Morgan fingerprint density at radius 3 is 2.34 bits per heavy atom. The third-order valence-electron chi connectivity index (χ3n) is 5.73. The number of phenols is 1. The second-order valence-corrected chi connectivity index (χ2v) is 8.40. The lowest BCUT2D eigenvalue weighted by molar-refractivity contribution is -1.02. The van der Waals surface area contributed by atoms with Gasteiger partial charge in [-0.25, -0.2) is 4.39 Å². The number of anilines is 1. The molecule has 1 aliphatic heterocycles. The van der Waals surface area contributed by atoms with E-state index in [1.807, 2.05) is 13.0 Å². The molecule has 1 heterocycles. The van der Waals surface area contributed by atoms with Crippen LogP contribution in [0.1, 0.15) is 36.5 Å². The molecule has 6 heteroatoms. The number of amides is 1.